The molecule has 20 heavy (non-hydrogen) atoms. The van der Waals surface area contributed by atoms with Gasteiger partial charge in [0.1, 0.15) is 18.5 Å². The smallest absolute Gasteiger partial charge is 0.119 e. The van der Waals surface area contributed by atoms with Gasteiger partial charge in [-0.2, -0.15) is 0 Å². The predicted molar refractivity (Wildman–Crippen MR) is 81.1 cm³/mol. The Morgan fingerprint density at radius 1 is 1.25 bits per heavy atom. The largest absolute Gasteiger partial charge is 0.491 e. The van der Waals surface area contributed by atoms with Crippen molar-refractivity contribution < 1.29 is 9.84 Å². The lowest BCUT2D eigenvalue weighted by molar-refractivity contribution is 0.0506. The van der Waals surface area contributed by atoms with Crippen LogP contribution in [0.3, 0.4) is 0 Å². The number of nitrogens with zero attached hydrogens (tertiary/aromatic N) is 2. The Kier molecular flexibility index (Phi) is 5.83. The van der Waals surface area contributed by atoms with Gasteiger partial charge >= 0.3 is 0 Å². The van der Waals surface area contributed by atoms with Crippen molar-refractivity contribution in [1.82, 2.24) is 9.80 Å². The molecule has 1 aliphatic rings. The van der Waals surface area contributed by atoms with Gasteiger partial charge < -0.3 is 19.6 Å². The van der Waals surface area contributed by atoms with E-state index in [0.717, 1.165) is 18.8 Å². The third-order valence-electron chi connectivity index (χ3n) is 3.94. The first kappa shape index (κ1) is 15.3. The van der Waals surface area contributed by atoms with E-state index in [9.17, 15) is 5.11 Å². The average molecular weight is 278 g/mol. The van der Waals surface area contributed by atoms with Gasteiger partial charge in [0.2, 0.25) is 0 Å². The molecule has 0 aromatic heterocycles. The molecule has 0 radical (unpaired) electrons. The molecule has 1 atom stereocenters. The predicted octanol–water partition coefficient (Wildman–Crippen LogP) is 1.45. The Balaban J connectivity index is 1.66. The molecule has 112 valence electrons. The van der Waals surface area contributed by atoms with Crippen molar-refractivity contribution in [2.45, 2.75) is 25.0 Å². The zero-order valence-corrected chi connectivity index (χ0v) is 12.5. The number of aliphatic hydroxyl groups is 1. The zero-order chi connectivity index (χ0) is 14.4. The summed E-state index contributed by atoms with van der Waals surface area (Å²) >= 11 is 0. The molecule has 4 heteroatoms. The van der Waals surface area contributed by atoms with E-state index in [1.807, 2.05) is 30.3 Å². The highest BCUT2D eigenvalue weighted by molar-refractivity contribution is 5.20. The second kappa shape index (κ2) is 7.62. The van der Waals surface area contributed by atoms with Crippen LogP contribution < -0.4 is 4.74 Å². The Hall–Kier alpha value is -1.10. The van der Waals surface area contributed by atoms with E-state index in [1.165, 1.54) is 12.8 Å². The van der Waals surface area contributed by atoms with Gasteiger partial charge in [-0.15, -0.1) is 0 Å². The number of ether oxygens (including phenoxy) is 1. The Morgan fingerprint density at radius 3 is 2.50 bits per heavy atom. The maximum atomic E-state index is 10.1. The van der Waals surface area contributed by atoms with E-state index < -0.39 is 6.10 Å². The van der Waals surface area contributed by atoms with Gasteiger partial charge in [0.25, 0.3) is 0 Å². The van der Waals surface area contributed by atoms with Crippen molar-refractivity contribution in [3.8, 4) is 5.75 Å². The molecule has 0 saturated carbocycles. The van der Waals surface area contributed by atoms with Crippen molar-refractivity contribution >= 4 is 0 Å². The third-order valence-corrected chi connectivity index (χ3v) is 3.94. The summed E-state index contributed by atoms with van der Waals surface area (Å²) in [5, 5.41) is 10.1. The number of piperidine rings is 1. The first-order valence-corrected chi connectivity index (χ1v) is 7.40. The van der Waals surface area contributed by atoms with Gasteiger partial charge in [-0.05, 0) is 52.2 Å². The topological polar surface area (TPSA) is 35.9 Å². The first-order valence-electron chi connectivity index (χ1n) is 7.40. The lowest BCUT2D eigenvalue weighted by atomic mass is 10.0. The van der Waals surface area contributed by atoms with Gasteiger partial charge in [-0.3, -0.25) is 0 Å². The maximum absolute atomic E-state index is 10.1. The summed E-state index contributed by atoms with van der Waals surface area (Å²) in [4.78, 5) is 4.63. The lowest BCUT2D eigenvalue weighted by Gasteiger charge is -2.35. The van der Waals surface area contributed by atoms with Crippen LogP contribution in [-0.2, 0) is 0 Å². The van der Waals surface area contributed by atoms with Crippen LogP contribution in [-0.4, -0.2) is 67.4 Å². The molecule has 1 unspecified atom stereocenters. The molecule has 1 aromatic carbocycles. The monoisotopic (exact) mass is 278 g/mol. The van der Waals surface area contributed by atoms with E-state index in [1.54, 1.807) is 0 Å². The Labute approximate surface area is 122 Å². The molecule has 2 rings (SSSR count). The summed E-state index contributed by atoms with van der Waals surface area (Å²) in [7, 11) is 4.28. The number of β-amino-alcohol motifs (C(OH)–C–C–N with tert-alkyl or cyclic N) is 1. The molecule has 0 spiro atoms. The fraction of sp³-hybridized carbons (Fsp3) is 0.625. The van der Waals surface area contributed by atoms with Gasteiger partial charge in [-0.1, -0.05) is 18.2 Å². The van der Waals surface area contributed by atoms with Crippen molar-refractivity contribution in [2.24, 2.45) is 0 Å². The van der Waals surface area contributed by atoms with Gasteiger partial charge in [0.15, 0.2) is 0 Å². The molecule has 4 nitrogen and oxygen atoms in total. The SMILES string of the molecule is CN(C)C1CCN(CC(O)COc2ccccc2)CC1. The summed E-state index contributed by atoms with van der Waals surface area (Å²) in [5.41, 5.74) is 0. The molecule has 0 amide bonds. The minimum atomic E-state index is -0.425. The number of hydrogen-bond acceptors (Lipinski definition) is 4. The summed E-state index contributed by atoms with van der Waals surface area (Å²) in [6.07, 6.45) is 1.93. The van der Waals surface area contributed by atoms with E-state index in [4.69, 9.17) is 4.74 Å². The number of benzene rings is 1. The number of para-hydroxylation sites is 1. The van der Waals surface area contributed by atoms with Crippen molar-refractivity contribution in [2.75, 3.05) is 40.3 Å². The molecular formula is C16H26N2O2. The molecule has 1 N–H and O–H groups in total. The standard InChI is InChI=1S/C16H26N2O2/c1-17(2)14-8-10-18(11-9-14)12-15(19)13-20-16-6-4-3-5-7-16/h3-7,14-15,19H,8-13H2,1-2H3. The third kappa shape index (κ3) is 4.78. The van der Waals surface area contributed by atoms with Crippen LogP contribution in [0.4, 0.5) is 0 Å². The van der Waals surface area contributed by atoms with Crippen LogP contribution in [0.15, 0.2) is 30.3 Å². The quantitative estimate of drug-likeness (QED) is 0.854. The second-order valence-electron chi connectivity index (χ2n) is 5.77. The molecule has 1 fully saturated rings. The first-order chi connectivity index (χ1) is 9.65. The van der Waals surface area contributed by atoms with Crippen molar-refractivity contribution in [1.29, 1.82) is 0 Å². The zero-order valence-electron chi connectivity index (χ0n) is 12.5. The summed E-state index contributed by atoms with van der Waals surface area (Å²) in [6.45, 7) is 3.18. The van der Waals surface area contributed by atoms with Crippen LogP contribution in [0.25, 0.3) is 0 Å². The molecular weight excluding hydrogens is 252 g/mol. The van der Waals surface area contributed by atoms with Gasteiger partial charge in [0, 0.05) is 12.6 Å². The van der Waals surface area contributed by atoms with Crippen LogP contribution in [0.1, 0.15) is 12.8 Å². The summed E-state index contributed by atoms with van der Waals surface area (Å²) < 4.78 is 5.58. The van der Waals surface area contributed by atoms with E-state index in [2.05, 4.69) is 23.9 Å². The van der Waals surface area contributed by atoms with Crippen LogP contribution in [0.5, 0.6) is 5.75 Å². The van der Waals surface area contributed by atoms with E-state index in [0.29, 0.717) is 19.2 Å². The highest BCUT2D eigenvalue weighted by atomic mass is 16.5. The van der Waals surface area contributed by atoms with Crippen LogP contribution in [0.2, 0.25) is 0 Å². The molecule has 0 aliphatic carbocycles. The number of rotatable bonds is 6. The maximum Gasteiger partial charge on any atom is 0.119 e. The fourth-order valence-electron chi connectivity index (χ4n) is 2.68. The highest BCUT2D eigenvalue weighted by Crippen LogP contribution is 2.14. The fourth-order valence-corrected chi connectivity index (χ4v) is 2.68. The normalized spacial score (nSPS) is 19.2. The van der Waals surface area contributed by atoms with Gasteiger partial charge in [0.05, 0.1) is 0 Å². The molecule has 0 bridgehead atoms. The van der Waals surface area contributed by atoms with Crippen molar-refractivity contribution in [3.05, 3.63) is 30.3 Å². The van der Waals surface area contributed by atoms with Crippen molar-refractivity contribution in [3.63, 3.8) is 0 Å². The number of likely N-dealkylation sites (tertiary alicyclic amines) is 1. The second-order valence-corrected chi connectivity index (χ2v) is 5.77. The number of aliphatic hydroxyl groups excluding tert-OH is 1. The molecule has 1 heterocycles. The Morgan fingerprint density at radius 2 is 1.90 bits per heavy atom. The average Bonchev–Trinajstić information content (AvgIpc) is 2.47. The van der Waals surface area contributed by atoms with E-state index in [-0.39, 0.29) is 0 Å². The van der Waals surface area contributed by atoms with E-state index >= 15 is 0 Å². The summed E-state index contributed by atoms with van der Waals surface area (Å²) in [6, 6.07) is 10.3. The summed E-state index contributed by atoms with van der Waals surface area (Å²) in [5.74, 6) is 0.817. The van der Waals surface area contributed by atoms with Crippen LogP contribution in [0, 0.1) is 0 Å². The minimum absolute atomic E-state index is 0.359. The molecule has 1 aliphatic heterocycles. The van der Waals surface area contributed by atoms with Crippen LogP contribution >= 0.6 is 0 Å². The highest BCUT2D eigenvalue weighted by Gasteiger charge is 2.22. The van der Waals surface area contributed by atoms with Gasteiger partial charge in [-0.25, -0.2) is 0 Å². The minimum Gasteiger partial charge on any atom is -0.491 e. The lowest BCUT2D eigenvalue weighted by Crippen LogP contribution is -2.45. The Bertz CT molecular complexity index is 375. The molecule has 1 saturated heterocycles. The number of hydrogen-bond donors (Lipinski definition) is 1. The molecule has 1 aromatic rings.